The van der Waals surface area contributed by atoms with Crippen molar-refractivity contribution in [1.82, 2.24) is 4.90 Å². The minimum atomic E-state index is -0.595. The highest BCUT2D eigenvalue weighted by Crippen LogP contribution is 2.33. The number of likely N-dealkylation sites (tertiary alicyclic amines) is 1. The molecule has 0 bridgehead atoms. The molecule has 112 valence electrons. The predicted molar refractivity (Wildman–Crippen MR) is 84.5 cm³/mol. The minimum absolute atomic E-state index is 0.0134. The summed E-state index contributed by atoms with van der Waals surface area (Å²) in [5.41, 5.74) is 0.562. The molecule has 0 saturated carbocycles. The number of hydrogen-bond acceptors (Lipinski definition) is 2. The zero-order valence-corrected chi connectivity index (χ0v) is 13.3. The molecule has 0 aliphatic carbocycles. The van der Waals surface area contributed by atoms with Gasteiger partial charge in [0.15, 0.2) is 0 Å². The van der Waals surface area contributed by atoms with Gasteiger partial charge in [0.25, 0.3) is 0 Å². The van der Waals surface area contributed by atoms with Crippen molar-refractivity contribution in [3.63, 3.8) is 0 Å². The number of amides is 1. The Balaban J connectivity index is 2.12. The Kier molecular flexibility index (Phi) is 5.90. The Morgan fingerprint density at radius 2 is 1.76 bits per heavy atom. The molecule has 1 saturated heterocycles. The van der Waals surface area contributed by atoms with Crippen molar-refractivity contribution in [2.45, 2.75) is 38.0 Å². The second-order valence-electron chi connectivity index (χ2n) is 5.32. The van der Waals surface area contributed by atoms with Crippen molar-refractivity contribution in [2.24, 2.45) is 0 Å². The Morgan fingerprint density at radius 1 is 1.19 bits per heavy atom. The van der Waals surface area contributed by atoms with E-state index in [1.165, 1.54) is 12.8 Å². The molecule has 0 aromatic heterocycles. The number of nitriles is 1. The van der Waals surface area contributed by atoms with Crippen LogP contribution in [0.3, 0.4) is 0 Å². The topological polar surface area (TPSA) is 44.1 Å². The van der Waals surface area contributed by atoms with Crippen LogP contribution >= 0.6 is 23.2 Å². The van der Waals surface area contributed by atoms with Crippen LogP contribution in [-0.4, -0.2) is 23.9 Å². The highest BCUT2D eigenvalue weighted by atomic mass is 35.5. The molecular weight excluding hydrogens is 307 g/mol. The van der Waals surface area contributed by atoms with E-state index in [0.717, 1.165) is 25.9 Å². The molecule has 1 heterocycles. The molecule has 3 nitrogen and oxygen atoms in total. The fraction of sp³-hybridized carbons (Fsp3) is 0.500. The number of rotatable bonds is 3. The first-order chi connectivity index (χ1) is 10.1. The van der Waals surface area contributed by atoms with Gasteiger partial charge in [0.05, 0.1) is 12.0 Å². The first kappa shape index (κ1) is 16.1. The molecule has 1 aromatic rings. The van der Waals surface area contributed by atoms with Gasteiger partial charge in [-0.3, -0.25) is 4.79 Å². The number of benzene rings is 1. The molecule has 2 rings (SSSR count). The van der Waals surface area contributed by atoms with Gasteiger partial charge in [0.2, 0.25) is 5.91 Å². The van der Waals surface area contributed by atoms with Gasteiger partial charge in [0, 0.05) is 35.1 Å². The average molecular weight is 325 g/mol. The van der Waals surface area contributed by atoms with Crippen LogP contribution in [-0.2, 0) is 4.79 Å². The van der Waals surface area contributed by atoms with Crippen LogP contribution in [0.1, 0.15) is 43.6 Å². The molecule has 1 fully saturated rings. The summed E-state index contributed by atoms with van der Waals surface area (Å²) in [5, 5.41) is 10.3. The zero-order chi connectivity index (χ0) is 15.2. The van der Waals surface area contributed by atoms with Gasteiger partial charge in [0.1, 0.15) is 0 Å². The van der Waals surface area contributed by atoms with E-state index in [4.69, 9.17) is 23.2 Å². The fourth-order valence-electron chi connectivity index (χ4n) is 2.68. The van der Waals surface area contributed by atoms with E-state index >= 15 is 0 Å². The van der Waals surface area contributed by atoms with Crippen molar-refractivity contribution in [1.29, 1.82) is 5.26 Å². The van der Waals surface area contributed by atoms with E-state index in [1.807, 2.05) is 4.90 Å². The summed E-state index contributed by atoms with van der Waals surface area (Å²) < 4.78 is 0. The second-order valence-corrected chi connectivity index (χ2v) is 6.13. The van der Waals surface area contributed by atoms with Gasteiger partial charge < -0.3 is 4.90 Å². The van der Waals surface area contributed by atoms with Gasteiger partial charge >= 0.3 is 0 Å². The minimum Gasteiger partial charge on any atom is -0.343 e. The summed E-state index contributed by atoms with van der Waals surface area (Å²) >= 11 is 12.3. The molecule has 0 spiro atoms. The third-order valence-electron chi connectivity index (χ3n) is 3.84. The smallest absolute Gasteiger partial charge is 0.224 e. The highest BCUT2D eigenvalue weighted by Gasteiger charge is 2.24. The van der Waals surface area contributed by atoms with E-state index in [-0.39, 0.29) is 12.3 Å². The molecule has 1 amide bonds. The van der Waals surface area contributed by atoms with E-state index in [1.54, 1.807) is 18.2 Å². The molecule has 5 heteroatoms. The number of carbonyl (C=O) groups is 1. The Bertz CT molecular complexity index is 525. The number of halogens is 2. The van der Waals surface area contributed by atoms with Crippen molar-refractivity contribution in [2.75, 3.05) is 13.1 Å². The average Bonchev–Trinajstić information content (AvgIpc) is 2.74. The normalized spacial score (nSPS) is 16.9. The molecule has 1 aliphatic rings. The van der Waals surface area contributed by atoms with Crippen LogP contribution in [0.25, 0.3) is 0 Å². The van der Waals surface area contributed by atoms with Crippen molar-refractivity contribution < 1.29 is 4.79 Å². The van der Waals surface area contributed by atoms with Crippen LogP contribution < -0.4 is 0 Å². The molecule has 1 unspecified atom stereocenters. The van der Waals surface area contributed by atoms with Crippen molar-refractivity contribution in [3.8, 4) is 6.07 Å². The van der Waals surface area contributed by atoms with E-state index < -0.39 is 5.92 Å². The van der Waals surface area contributed by atoms with Crippen LogP contribution in [0, 0.1) is 11.3 Å². The lowest BCUT2D eigenvalue weighted by molar-refractivity contribution is -0.131. The lowest BCUT2D eigenvalue weighted by Crippen LogP contribution is -2.32. The molecule has 1 atom stereocenters. The molecule has 0 N–H and O–H groups in total. The second kappa shape index (κ2) is 7.68. The number of carbonyl (C=O) groups excluding carboxylic acids is 1. The monoisotopic (exact) mass is 324 g/mol. The Morgan fingerprint density at radius 3 is 2.29 bits per heavy atom. The maximum absolute atomic E-state index is 12.4. The first-order valence-corrected chi connectivity index (χ1v) is 8.00. The maximum Gasteiger partial charge on any atom is 0.224 e. The van der Waals surface area contributed by atoms with Crippen LogP contribution in [0.2, 0.25) is 10.0 Å². The highest BCUT2D eigenvalue weighted by molar-refractivity contribution is 6.36. The number of hydrogen-bond donors (Lipinski definition) is 0. The maximum atomic E-state index is 12.4. The molecule has 1 aliphatic heterocycles. The third-order valence-corrected chi connectivity index (χ3v) is 4.50. The molecule has 1 aromatic carbocycles. The van der Waals surface area contributed by atoms with Crippen molar-refractivity contribution >= 4 is 29.1 Å². The summed E-state index contributed by atoms with van der Waals surface area (Å²) in [5.74, 6) is -0.582. The summed E-state index contributed by atoms with van der Waals surface area (Å²) in [6, 6.07) is 7.30. The van der Waals surface area contributed by atoms with Gasteiger partial charge in [-0.1, -0.05) is 42.1 Å². The largest absolute Gasteiger partial charge is 0.343 e. The fourth-order valence-corrected chi connectivity index (χ4v) is 3.34. The summed E-state index contributed by atoms with van der Waals surface area (Å²) in [4.78, 5) is 14.3. The number of nitrogens with zero attached hydrogens (tertiary/aromatic N) is 2. The third kappa shape index (κ3) is 4.12. The SMILES string of the molecule is N#CC(CC(=O)N1CCCCCC1)c1c(Cl)cccc1Cl. The Labute approximate surface area is 135 Å². The first-order valence-electron chi connectivity index (χ1n) is 7.24. The van der Waals surface area contributed by atoms with Crippen LogP contribution in [0.15, 0.2) is 18.2 Å². The van der Waals surface area contributed by atoms with E-state index in [2.05, 4.69) is 6.07 Å². The van der Waals surface area contributed by atoms with Crippen LogP contribution in [0.4, 0.5) is 0 Å². The van der Waals surface area contributed by atoms with Gasteiger partial charge in [-0.2, -0.15) is 5.26 Å². The standard InChI is InChI=1S/C16H18Cl2N2O/c17-13-6-5-7-14(18)16(13)12(11-19)10-15(21)20-8-3-1-2-4-9-20/h5-7,12H,1-4,8-10H2. The summed E-state index contributed by atoms with van der Waals surface area (Å²) in [6.07, 6.45) is 4.55. The van der Waals surface area contributed by atoms with E-state index in [0.29, 0.717) is 15.6 Å². The zero-order valence-electron chi connectivity index (χ0n) is 11.8. The molecule has 0 radical (unpaired) electrons. The van der Waals surface area contributed by atoms with E-state index in [9.17, 15) is 10.1 Å². The lowest BCUT2D eigenvalue weighted by atomic mass is 9.96. The molecule has 21 heavy (non-hydrogen) atoms. The van der Waals surface area contributed by atoms with Gasteiger partial charge in [-0.05, 0) is 25.0 Å². The predicted octanol–water partition coefficient (Wildman–Crippen LogP) is 4.39. The Hall–Kier alpha value is -1.24. The summed E-state index contributed by atoms with van der Waals surface area (Å²) in [6.45, 7) is 1.57. The summed E-state index contributed by atoms with van der Waals surface area (Å²) in [7, 11) is 0. The van der Waals surface area contributed by atoms with Crippen LogP contribution in [0.5, 0.6) is 0 Å². The van der Waals surface area contributed by atoms with Crippen molar-refractivity contribution in [3.05, 3.63) is 33.8 Å². The van der Waals surface area contributed by atoms with Gasteiger partial charge in [-0.15, -0.1) is 0 Å². The quantitative estimate of drug-likeness (QED) is 0.827. The molecular formula is C16H18Cl2N2O. The lowest BCUT2D eigenvalue weighted by Gasteiger charge is -2.22. The van der Waals surface area contributed by atoms with Gasteiger partial charge in [-0.25, -0.2) is 0 Å².